The summed E-state index contributed by atoms with van der Waals surface area (Å²) in [5, 5.41) is 3.62. The number of piperazine rings is 1. The third-order valence-corrected chi connectivity index (χ3v) is 5.09. The number of benzene rings is 2. The van der Waals surface area contributed by atoms with Gasteiger partial charge in [-0.1, -0.05) is 17.7 Å². The molecule has 0 atom stereocenters. The van der Waals surface area contributed by atoms with E-state index in [1.54, 1.807) is 30.2 Å². The minimum Gasteiger partial charge on any atom is -0.497 e. The topological polar surface area (TPSA) is 46.0 Å². The van der Waals surface area contributed by atoms with Crippen molar-refractivity contribution < 1.29 is 14.4 Å². The van der Waals surface area contributed by atoms with Crippen molar-refractivity contribution in [2.45, 2.75) is 6.92 Å². The number of nitrogens with one attached hydrogen (secondary N) is 2. The van der Waals surface area contributed by atoms with Crippen LogP contribution in [0.3, 0.4) is 0 Å². The fourth-order valence-corrected chi connectivity index (χ4v) is 3.43. The maximum atomic E-state index is 12.7. The summed E-state index contributed by atoms with van der Waals surface area (Å²) in [5.74, 6) is 0.480. The number of nitrogens with zero attached hydrogens (tertiary/aromatic N) is 1. The summed E-state index contributed by atoms with van der Waals surface area (Å²) >= 11 is 6.18. The molecular formula is C20H25ClN3O2+. The summed E-state index contributed by atoms with van der Waals surface area (Å²) in [6, 6.07) is 12.8. The Morgan fingerprint density at radius 1 is 1.23 bits per heavy atom. The summed E-state index contributed by atoms with van der Waals surface area (Å²) in [4.78, 5) is 16.6. The highest BCUT2D eigenvalue weighted by molar-refractivity contribution is 6.31. The quantitative estimate of drug-likeness (QED) is 0.844. The molecule has 0 unspecified atom stereocenters. The van der Waals surface area contributed by atoms with Crippen LogP contribution < -0.4 is 19.9 Å². The van der Waals surface area contributed by atoms with E-state index in [1.807, 2.05) is 24.3 Å². The lowest BCUT2D eigenvalue weighted by molar-refractivity contribution is -0.898. The molecule has 2 aromatic carbocycles. The molecule has 3 rings (SSSR count). The second-order valence-corrected chi connectivity index (χ2v) is 6.87. The minimum absolute atomic E-state index is 0.176. The van der Waals surface area contributed by atoms with Gasteiger partial charge >= 0.3 is 0 Å². The van der Waals surface area contributed by atoms with Gasteiger partial charge < -0.3 is 19.9 Å². The van der Waals surface area contributed by atoms with Gasteiger partial charge in [0.15, 0.2) is 0 Å². The molecule has 0 saturated carbocycles. The van der Waals surface area contributed by atoms with Crippen molar-refractivity contribution in [2.24, 2.45) is 0 Å². The zero-order chi connectivity index (χ0) is 18.5. The Kier molecular flexibility index (Phi) is 6.01. The lowest BCUT2D eigenvalue weighted by Crippen LogP contribution is -3.14. The van der Waals surface area contributed by atoms with E-state index in [4.69, 9.17) is 16.3 Å². The van der Waals surface area contributed by atoms with Crippen molar-refractivity contribution >= 4 is 28.9 Å². The van der Waals surface area contributed by atoms with E-state index in [0.29, 0.717) is 16.3 Å². The molecule has 0 aliphatic carbocycles. The van der Waals surface area contributed by atoms with Crippen LogP contribution in [0.15, 0.2) is 42.5 Å². The van der Waals surface area contributed by atoms with Gasteiger partial charge in [-0.15, -0.1) is 0 Å². The molecule has 0 spiro atoms. The van der Waals surface area contributed by atoms with Crippen molar-refractivity contribution in [3.05, 3.63) is 53.1 Å². The second kappa shape index (κ2) is 8.43. The molecule has 2 N–H and O–H groups in total. The predicted octanol–water partition coefficient (Wildman–Crippen LogP) is 2.33. The highest BCUT2D eigenvalue weighted by atomic mass is 35.5. The van der Waals surface area contributed by atoms with Crippen LogP contribution in [0.1, 0.15) is 17.3 Å². The third kappa shape index (κ3) is 4.29. The lowest BCUT2D eigenvalue weighted by Gasteiger charge is -2.34. The predicted molar refractivity (Wildman–Crippen MR) is 106 cm³/mol. The van der Waals surface area contributed by atoms with E-state index in [9.17, 15) is 4.79 Å². The highest BCUT2D eigenvalue weighted by Crippen LogP contribution is 2.30. The van der Waals surface area contributed by atoms with Crippen molar-refractivity contribution in [2.75, 3.05) is 50.1 Å². The molecule has 0 bridgehead atoms. The normalized spacial score (nSPS) is 15.0. The first-order valence-corrected chi connectivity index (χ1v) is 9.32. The first kappa shape index (κ1) is 18.5. The molecule has 1 aliphatic rings. The summed E-state index contributed by atoms with van der Waals surface area (Å²) in [6.45, 7) is 7.49. The Morgan fingerprint density at radius 3 is 2.69 bits per heavy atom. The first-order valence-electron chi connectivity index (χ1n) is 8.94. The molecule has 0 radical (unpaired) electrons. The van der Waals surface area contributed by atoms with Gasteiger partial charge in [-0.05, 0) is 43.3 Å². The Hall–Kier alpha value is -2.24. The minimum atomic E-state index is -0.176. The Balaban J connectivity index is 1.80. The monoisotopic (exact) mass is 374 g/mol. The van der Waals surface area contributed by atoms with Crippen LogP contribution in [0.2, 0.25) is 5.02 Å². The van der Waals surface area contributed by atoms with E-state index in [0.717, 1.165) is 44.1 Å². The molecule has 1 aliphatic heterocycles. The number of carbonyl (C=O) groups excluding carboxylic acids is 1. The van der Waals surface area contributed by atoms with Crippen LogP contribution in [0.5, 0.6) is 5.75 Å². The Morgan fingerprint density at radius 2 is 2.00 bits per heavy atom. The van der Waals surface area contributed by atoms with Crippen LogP contribution >= 0.6 is 11.6 Å². The zero-order valence-electron chi connectivity index (χ0n) is 15.2. The number of amides is 1. The number of hydrogen-bond donors (Lipinski definition) is 2. The highest BCUT2D eigenvalue weighted by Gasteiger charge is 2.21. The van der Waals surface area contributed by atoms with Gasteiger partial charge in [0.05, 0.1) is 51.2 Å². The number of rotatable bonds is 5. The van der Waals surface area contributed by atoms with Gasteiger partial charge in [0, 0.05) is 10.6 Å². The largest absolute Gasteiger partial charge is 0.497 e. The van der Waals surface area contributed by atoms with Crippen LogP contribution in [-0.4, -0.2) is 45.7 Å². The molecular weight excluding hydrogens is 350 g/mol. The third-order valence-electron chi connectivity index (χ3n) is 4.85. The smallest absolute Gasteiger partial charge is 0.255 e. The summed E-state index contributed by atoms with van der Waals surface area (Å²) < 4.78 is 5.20. The lowest BCUT2D eigenvalue weighted by atomic mass is 10.1. The van der Waals surface area contributed by atoms with E-state index >= 15 is 0 Å². The molecule has 138 valence electrons. The van der Waals surface area contributed by atoms with Crippen molar-refractivity contribution in [1.82, 2.24) is 0 Å². The molecule has 1 heterocycles. The van der Waals surface area contributed by atoms with Gasteiger partial charge in [0.1, 0.15) is 5.75 Å². The summed E-state index contributed by atoms with van der Waals surface area (Å²) in [7, 11) is 1.59. The van der Waals surface area contributed by atoms with Gasteiger partial charge in [-0.25, -0.2) is 0 Å². The first-order chi connectivity index (χ1) is 12.6. The van der Waals surface area contributed by atoms with E-state index in [1.165, 1.54) is 0 Å². The van der Waals surface area contributed by atoms with Crippen LogP contribution in [0, 0.1) is 0 Å². The van der Waals surface area contributed by atoms with E-state index < -0.39 is 0 Å². The average molecular weight is 375 g/mol. The number of methoxy groups -OCH3 is 1. The number of hydrogen-bond acceptors (Lipinski definition) is 3. The van der Waals surface area contributed by atoms with E-state index in [2.05, 4.69) is 17.1 Å². The average Bonchev–Trinajstić information content (AvgIpc) is 2.68. The zero-order valence-corrected chi connectivity index (χ0v) is 16.0. The van der Waals surface area contributed by atoms with Crippen LogP contribution in [0.4, 0.5) is 11.4 Å². The van der Waals surface area contributed by atoms with Crippen molar-refractivity contribution in [1.29, 1.82) is 0 Å². The van der Waals surface area contributed by atoms with E-state index in [-0.39, 0.29) is 5.91 Å². The number of carbonyl (C=O) groups is 1. The second-order valence-electron chi connectivity index (χ2n) is 6.44. The Labute approximate surface area is 159 Å². The molecule has 1 fully saturated rings. The van der Waals surface area contributed by atoms with Crippen LogP contribution in [0.25, 0.3) is 0 Å². The molecule has 2 aromatic rings. The fourth-order valence-electron chi connectivity index (χ4n) is 3.26. The number of halogens is 1. The van der Waals surface area contributed by atoms with Gasteiger partial charge in [0.2, 0.25) is 0 Å². The number of anilines is 2. The number of likely N-dealkylation sites (N-methyl/N-ethyl adjacent to an activating group) is 1. The maximum absolute atomic E-state index is 12.7. The van der Waals surface area contributed by atoms with Crippen molar-refractivity contribution in [3.63, 3.8) is 0 Å². The fraction of sp³-hybridized carbons (Fsp3) is 0.350. The molecule has 1 saturated heterocycles. The van der Waals surface area contributed by atoms with Gasteiger partial charge in [0.25, 0.3) is 5.91 Å². The molecule has 26 heavy (non-hydrogen) atoms. The summed E-state index contributed by atoms with van der Waals surface area (Å²) in [5.41, 5.74) is 2.31. The maximum Gasteiger partial charge on any atom is 0.255 e. The molecule has 1 amide bonds. The van der Waals surface area contributed by atoms with Gasteiger partial charge in [-0.2, -0.15) is 0 Å². The number of quaternary nitrogens is 1. The van der Waals surface area contributed by atoms with Crippen LogP contribution in [-0.2, 0) is 0 Å². The molecule has 6 heteroatoms. The van der Waals surface area contributed by atoms with Crippen molar-refractivity contribution in [3.8, 4) is 5.75 Å². The Bertz CT molecular complexity index is 773. The SMILES string of the molecule is CC[NH+]1CCN(c2ccc(Cl)cc2NC(=O)c2cccc(OC)c2)CC1. The van der Waals surface area contributed by atoms with Gasteiger partial charge in [-0.3, -0.25) is 4.79 Å². The molecule has 5 nitrogen and oxygen atoms in total. The molecule has 0 aromatic heterocycles. The summed E-state index contributed by atoms with van der Waals surface area (Å²) in [6.07, 6.45) is 0. The number of ether oxygens (including phenoxy) is 1. The standard InChI is InChI=1S/C20H24ClN3O2/c1-3-23-9-11-24(12-10-23)19-8-7-16(21)14-18(19)22-20(25)15-5-4-6-17(13-15)26-2/h4-8,13-14H,3,9-12H2,1-2H3,(H,22,25)/p+1.